The molecule has 0 aromatic heterocycles. The maximum absolute atomic E-state index is 13.4. The van der Waals surface area contributed by atoms with E-state index >= 15 is 0 Å². The molecule has 0 unspecified atom stereocenters. The molecule has 0 saturated heterocycles. The van der Waals surface area contributed by atoms with Gasteiger partial charge in [-0.05, 0) is 59.9 Å². The van der Waals surface area contributed by atoms with Crippen molar-refractivity contribution in [2.75, 3.05) is 10.2 Å². The second-order valence-electron chi connectivity index (χ2n) is 7.22. The molecule has 3 aromatic rings. The summed E-state index contributed by atoms with van der Waals surface area (Å²) in [4.78, 5) is 15.2. The highest BCUT2D eigenvalue weighted by Crippen LogP contribution is 2.37. The van der Waals surface area contributed by atoms with Crippen LogP contribution >= 0.6 is 11.6 Å². The first kappa shape index (κ1) is 18.6. The van der Waals surface area contributed by atoms with Gasteiger partial charge in [0.15, 0.2) is 0 Å². The van der Waals surface area contributed by atoms with Crippen molar-refractivity contribution in [3.63, 3.8) is 0 Å². The smallest absolute Gasteiger partial charge is 0.262 e. The predicted octanol–water partition coefficient (Wildman–Crippen LogP) is 6.62. The van der Waals surface area contributed by atoms with Crippen LogP contribution in [0.1, 0.15) is 53.8 Å². The number of hydrogen-bond donors (Lipinski definition) is 1. The second-order valence-corrected chi connectivity index (χ2v) is 7.66. The van der Waals surface area contributed by atoms with Gasteiger partial charge in [0.05, 0.1) is 5.56 Å². The third-order valence-corrected chi connectivity index (χ3v) is 5.72. The molecule has 0 bridgehead atoms. The number of carbonyl (C=O) groups is 1. The van der Waals surface area contributed by atoms with Gasteiger partial charge in [-0.2, -0.15) is 0 Å². The van der Waals surface area contributed by atoms with Crippen molar-refractivity contribution in [1.29, 1.82) is 0 Å². The largest absolute Gasteiger partial charge is 0.360 e. The quantitative estimate of drug-likeness (QED) is 0.542. The molecule has 3 nitrogen and oxygen atoms in total. The molecular formula is C24H23ClN2O. The zero-order chi connectivity index (χ0) is 19.7. The van der Waals surface area contributed by atoms with Gasteiger partial charge in [0.1, 0.15) is 6.17 Å². The van der Waals surface area contributed by atoms with Crippen molar-refractivity contribution in [1.82, 2.24) is 0 Å². The van der Waals surface area contributed by atoms with E-state index in [-0.39, 0.29) is 12.1 Å². The van der Waals surface area contributed by atoms with Crippen LogP contribution in [0.5, 0.6) is 0 Å². The maximum Gasteiger partial charge on any atom is 0.262 e. The molecule has 3 aromatic carbocycles. The number of nitrogens with one attached hydrogen (secondary N) is 1. The van der Waals surface area contributed by atoms with E-state index in [1.54, 1.807) is 0 Å². The number of nitrogens with zero attached hydrogens (tertiary/aromatic N) is 1. The molecule has 1 N–H and O–H groups in total. The van der Waals surface area contributed by atoms with E-state index in [4.69, 9.17) is 11.6 Å². The van der Waals surface area contributed by atoms with E-state index in [1.807, 2.05) is 65.6 Å². The maximum atomic E-state index is 13.4. The summed E-state index contributed by atoms with van der Waals surface area (Å²) in [5, 5.41) is 4.20. The van der Waals surface area contributed by atoms with Crippen LogP contribution in [0.3, 0.4) is 0 Å². The summed E-state index contributed by atoms with van der Waals surface area (Å²) in [6, 6.07) is 23.6. The van der Waals surface area contributed by atoms with Gasteiger partial charge < -0.3 is 5.32 Å². The lowest BCUT2D eigenvalue weighted by Crippen LogP contribution is -2.43. The van der Waals surface area contributed by atoms with Crippen molar-refractivity contribution in [3.8, 4) is 0 Å². The summed E-state index contributed by atoms with van der Waals surface area (Å²) in [5.41, 5.74) is 4.67. The molecule has 1 aliphatic heterocycles. The lowest BCUT2D eigenvalue weighted by Gasteiger charge is -2.38. The van der Waals surface area contributed by atoms with Crippen LogP contribution in [-0.2, 0) is 0 Å². The summed E-state index contributed by atoms with van der Waals surface area (Å²) in [5.74, 6) is 0.489. The minimum Gasteiger partial charge on any atom is -0.360 e. The molecule has 0 aliphatic carbocycles. The van der Waals surface area contributed by atoms with Crippen LogP contribution in [0.2, 0.25) is 5.02 Å². The van der Waals surface area contributed by atoms with Gasteiger partial charge in [0, 0.05) is 16.4 Å². The molecule has 4 rings (SSSR count). The molecule has 142 valence electrons. The Labute approximate surface area is 171 Å². The summed E-state index contributed by atoms with van der Waals surface area (Å²) in [7, 11) is 0. The van der Waals surface area contributed by atoms with Gasteiger partial charge in [-0.1, -0.05) is 61.8 Å². The van der Waals surface area contributed by atoms with Gasteiger partial charge in [0.25, 0.3) is 5.91 Å². The van der Waals surface area contributed by atoms with Crippen molar-refractivity contribution in [2.24, 2.45) is 0 Å². The van der Waals surface area contributed by atoms with Gasteiger partial charge in [0.2, 0.25) is 0 Å². The lowest BCUT2D eigenvalue weighted by atomic mass is 9.97. The lowest BCUT2D eigenvalue weighted by molar-refractivity contribution is 0.0975. The van der Waals surface area contributed by atoms with E-state index in [0.717, 1.165) is 23.4 Å². The summed E-state index contributed by atoms with van der Waals surface area (Å²) >= 11 is 6.07. The molecule has 4 heteroatoms. The van der Waals surface area contributed by atoms with Crippen LogP contribution in [0.4, 0.5) is 11.4 Å². The van der Waals surface area contributed by atoms with E-state index in [1.165, 1.54) is 5.56 Å². The number of halogens is 1. The number of fused-ring (bicyclic) bond motifs is 1. The first-order valence-corrected chi connectivity index (χ1v) is 10.0. The fourth-order valence-electron chi connectivity index (χ4n) is 3.60. The summed E-state index contributed by atoms with van der Waals surface area (Å²) in [6.07, 6.45) is 0.791. The SMILES string of the molecule is CC[C@H](C)c1ccc(N2C(=O)c3ccccc3N[C@@H]2c2ccc(Cl)cc2)cc1. The molecule has 0 spiro atoms. The minimum atomic E-state index is -0.297. The van der Waals surface area contributed by atoms with Crippen LogP contribution in [-0.4, -0.2) is 5.91 Å². The average Bonchev–Trinajstić information content (AvgIpc) is 2.74. The highest BCUT2D eigenvalue weighted by atomic mass is 35.5. The fourth-order valence-corrected chi connectivity index (χ4v) is 3.72. The third kappa shape index (κ3) is 3.38. The van der Waals surface area contributed by atoms with Crippen molar-refractivity contribution < 1.29 is 4.79 Å². The fraction of sp³-hybridized carbons (Fsp3) is 0.208. The normalized spacial score (nSPS) is 17.0. The Kier molecular flexibility index (Phi) is 5.10. The molecule has 1 heterocycles. The van der Waals surface area contributed by atoms with Gasteiger partial charge in [-0.25, -0.2) is 0 Å². The summed E-state index contributed by atoms with van der Waals surface area (Å²) < 4.78 is 0. The average molecular weight is 391 g/mol. The number of benzene rings is 3. The number of rotatable bonds is 4. The number of hydrogen-bond acceptors (Lipinski definition) is 2. The number of carbonyl (C=O) groups excluding carboxylic acids is 1. The molecule has 1 aliphatic rings. The van der Waals surface area contributed by atoms with Crippen LogP contribution in [0, 0.1) is 0 Å². The molecule has 2 atom stereocenters. The molecule has 0 saturated carbocycles. The van der Waals surface area contributed by atoms with E-state index < -0.39 is 0 Å². The highest BCUT2D eigenvalue weighted by Gasteiger charge is 2.33. The Morgan fingerprint density at radius 1 is 1.00 bits per heavy atom. The summed E-state index contributed by atoms with van der Waals surface area (Å²) in [6.45, 7) is 4.40. The van der Waals surface area contributed by atoms with E-state index in [2.05, 4.69) is 31.3 Å². The molecular weight excluding hydrogens is 368 g/mol. The van der Waals surface area contributed by atoms with Gasteiger partial charge in [-0.3, -0.25) is 9.69 Å². The second kappa shape index (κ2) is 7.69. The van der Waals surface area contributed by atoms with Crippen LogP contribution < -0.4 is 10.2 Å². The van der Waals surface area contributed by atoms with Crippen molar-refractivity contribution in [3.05, 3.63) is 94.5 Å². The first-order chi connectivity index (χ1) is 13.6. The van der Waals surface area contributed by atoms with Crippen LogP contribution in [0.15, 0.2) is 72.8 Å². The topological polar surface area (TPSA) is 32.3 Å². The number of amides is 1. The van der Waals surface area contributed by atoms with E-state index in [0.29, 0.717) is 16.5 Å². The minimum absolute atomic E-state index is 0.00871. The van der Waals surface area contributed by atoms with E-state index in [9.17, 15) is 4.79 Å². The Morgan fingerprint density at radius 2 is 1.68 bits per heavy atom. The highest BCUT2D eigenvalue weighted by molar-refractivity contribution is 6.30. The van der Waals surface area contributed by atoms with Gasteiger partial charge in [-0.15, -0.1) is 0 Å². The third-order valence-electron chi connectivity index (χ3n) is 5.47. The predicted molar refractivity (Wildman–Crippen MR) is 116 cm³/mol. The zero-order valence-corrected chi connectivity index (χ0v) is 16.8. The number of anilines is 2. The Bertz CT molecular complexity index is 982. The molecule has 0 fully saturated rings. The monoisotopic (exact) mass is 390 g/mol. The molecule has 28 heavy (non-hydrogen) atoms. The van der Waals surface area contributed by atoms with Gasteiger partial charge >= 0.3 is 0 Å². The Hall–Kier alpha value is -2.78. The van der Waals surface area contributed by atoms with Crippen molar-refractivity contribution >= 4 is 28.9 Å². The van der Waals surface area contributed by atoms with Crippen molar-refractivity contribution in [2.45, 2.75) is 32.4 Å². The van der Waals surface area contributed by atoms with Crippen LogP contribution in [0.25, 0.3) is 0 Å². The zero-order valence-electron chi connectivity index (χ0n) is 16.0. The standard InChI is InChI=1S/C24H23ClN2O/c1-3-16(2)17-10-14-20(15-11-17)27-23(18-8-12-19(25)13-9-18)26-22-7-5-4-6-21(22)24(27)28/h4-16,23,26H,3H2,1-2H3/t16-,23-/m0/s1. The molecule has 1 amide bonds. The number of para-hydroxylation sites is 1. The Morgan fingerprint density at radius 3 is 2.36 bits per heavy atom. The molecule has 0 radical (unpaired) electrons. The first-order valence-electron chi connectivity index (χ1n) is 9.63. The Balaban J connectivity index is 1.78.